The average molecular weight is 543 g/mol. The van der Waals surface area contributed by atoms with E-state index in [4.69, 9.17) is 14.5 Å². The minimum absolute atomic E-state index is 0. The van der Waals surface area contributed by atoms with E-state index in [1.165, 1.54) is 16.8 Å². The number of nitrogens with one attached hydrogen (secondary N) is 2. The number of rotatable bonds is 11. The molecule has 0 aliphatic rings. The Bertz CT molecular complexity index is 836. The van der Waals surface area contributed by atoms with E-state index in [0.29, 0.717) is 13.2 Å². The van der Waals surface area contributed by atoms with Gasteiger partial charge in [0.05, 0.1) is 18.9 Å². The molecule has 31 heavy (non-hydrogen) atoms. The van der Waals surface area contributed by atoms with Gasteiger partial charge >= 0.3 is 0 Å². The minimum Gasteiger partial charge on any atom is -0.490 e. The third-order valence-electron chi connectivity index (χ3n) is 4.95. The van der Waals surface area contributed by atoms with Crippen molar-refractivity contribution in [3.05, 3.63) is 40.7 Å². The van der Waals surface area contributed by atoms with Crippen LogP contribution in [-0.4, -0.2) is 48.6 Å². The first kappa shape index (κ1) is 27.1. The maximum Gasteiger partial charge on any atom is 0.191 e. The highest BCUT2D eigenvalue weighted by molar-refractivity contribution is 14.0. The number of guanidine groups is 1. The molecule has 2 rings (SSSR count). The molecule has 174 valence electrons. The van der Waals surface area contributed by atoms with E-state index >= 15 is 0 Å². The molecular weight excluding hydrogens is 505 g/mol. The van der Waals surface area contributed by atoms with Crippen molar-refractivity contribution in [3.63, 3.8) is 0 Å². The summed E-state index contributed by atoms with van der Waals surface area (Å²) >= 11 is 0. The van der Waals surface area contributed by atoms with Crippen LogP contribution >= 0.6 is 24.0 Å². The van der Waals surface area contributed by atoms with Gasteiger partial charge in [0.1, 0.15) is 0 Å². The monoisotopic (exact) mass is 543 g/mol. The van der Waals surface area contributed by atoms with Gasteiger partial charge < -0.3 is 20.1 Å². The lowest BCUT2D eigenvalue weighted by molar-refractivity contribution is 0.287. The van der Waals surface area contributed by atoms with Crippen molar-refractivity contribution in [1.29, 1.82) is 0 Å². The van der Waals surface area contributed by atoms with Crippen LogP contribution in [-0.2, 0) is 19.9 Å². The number of hydrogen-bond acceptors (Lipinski definition) is 4. The highest BCUT2D eigenvalue weighted by atomic mass is 127. The molecular formula is C23H38IN5O2. The molecule has 7 nitrogen and oxygen atoms in total. The number of aryl methyl sites for hydroxylation is 2. The van der Waals surface area contributed by atoms with E-state index < -0.39 is 0 Å². The summed E-state index contributed by atoms with van der Waals surface area (Å²) in [5.74, 6) is 2.44. The summed E-state index contributed by atoms with van der Waals surface area (Å²) in [6, 6.07) is 6.14. The number of ether oxygens (including phenoxy) is 2. The molecule has 0 fully saturated rings. The van der Waals surface area contributed by atoms with Crippen LogP contribution in [0.2, 0.25) is 0 Å². The molecule has 1 aromatic heterocycles. The molecule has 2 aromatic rings. The SMILES string of the molecule is CCNC(=NCCc1c(C)nn(C)c1C)NCCc1ccc(OCC)c(OCC)c1.I. The number of nitrogens with zero attached hydrogens (tertiary/aromatic N) is 3. The first-order chi connectivity index (χ1) is 14.5. The Labute approximate surface area is 204 Å². The van der Waals surface area contributed by atoms with Crippen LogP contribution in [0.25, 0.3) is 0 Å². The quantitative estimate of drug-likeness (QED) is 0.257. The second kappa shape index (κ2) is 14.2. The fourth-order valence-corrected chi connectivity index (χ4v) is 3.38. The number of hydrogen-bond donors (Lipinski definition) is 2. The first-order valence-corrected chi connectivity index (χ1v) is 10.9. The minimum atomic E-state index is 0. The largest absolute Gasteiger partial charge is 0.490 e. The first-order valence-electron chi connectivity index (χ1n) is 10.9. The predicted octanol–water partition coefficient (Wildman–Crippen LogP) is 3.79. The molecule has 0 aliphatic heterocycles. The van der Waals surface area contributed by atoms with Crippen molar-refractivity contribution in [1.82, 2.24) is 20.4 Å². The molecule has 0 spiro atoms. The predicted molar refractivity (Wildman–Crippen MR) is 138 cm³/mol. The van der Waals surface area contributed by atoms with E-state index in [9.17, 15) is 0 Å². The summed E-state index contributed by atoms with van der Waals surface area (Å²) in [6.45, 7) is 13.8. The zero-order valence-corrected chi connectivity index (χ0v) is 22.1. The molecule has 8 heteroatoms. The second-order valence-corrected chi connectivity index (χ2v) is 7.11. The zero-order valence-electron chi connectivity index (χ0n) is 19.7. The van der Waals surface area contributed by atoms with Gasteiger partial charge in [-0.3, -0.25) is 9.67 Å². The van der Waals surface area contributed by atoms with Crippen LogP contribution in [0.5, 0.6) is 11.5 Å². The van der Waals surface area contributed by atoms with Crippen molar-refractivity contribution < 1.29 is 9.47 Å². The standard InChI is InChI=1S/C23H37N5O2.HI/c1-7-24-23(26-15-13-20-17(4)27-28(6)18(20)5)25-14-12-19-10-11-21(29-8-2)22(16-19)30-9-3;/h10-11,16H,7-9,12-15H2,1-6H3,(H2,24,25,26);1H. The molecule has 0 unspecified atom stereocenters. The zero-order chi connectivity index (χ0) is 21.9. The fourth-order valence-electron chi connectivity index (χ4n) is 3.38. The number of aliphatic imine (C=N–C) groups is 1. The van der Waals surface area contributed by atoms with Crippen LogP contribution in [0.15, 0.2) is 23.2 Å². The van der Waals surface area contributed by atoms with E-state index in [-0.39, 0.29) is 24.0 Å². The molecule has 0 saturated heterocycles. The summed E-state index contributed by atoms with van der Waals surface area (Å²) in [4.78, 5) is 4.73. The highest BCUT2D eigenvalue weighted by Crippen LogP contribution is 2.28. The number of benzene rings is 1. The summed E-state index contributed by atoms with van der Waals surface area (Å²) < 4.78 is 13.3. The van der Waals surface area contributed by atoms with E-state index in [0.717, 1.165) is 55.6 Å². The molecule has 1 heterocycles. The van der Waals surface area contributed by atoms with Crippen molar-refractivity contribution in [2.45, 2.75) is 47.5 Å². The van der Waals surface area contributed by atoms with Crippen molar-refractivity contribution >= 4 is 29.9 Å². The third-order valence-corrected chi connectivity index (χ3v) is 4.95. The Morgan fingerprint density at radius 1 is 1.03 bits per heavy atom. The van der Waals surface area contributed by atoms with Gasteiger partial charge in [-0.2, -0.15) is 5.10 Å². The Kier molecular flexibility index (Phi) is 12.4. The Hall–Kier alpha value is -1.97. The van der Waals surface area contributed by atoms with E-state index in [1.807, 2.05) is 31.6 Å². The third kappa shape index (κ3) is 8.23. The molecule has 0 amide bonds. The lowest BCUT2D eigenvalue weighted by Gasteiger charge is -2.14. The van der Waals surface area contributed by atoms with Gasteiger partial charge in [0.25, 0.3) is 0 Å². The van der Waals surface area contributed by atoms with Crippen LogP contribution in [0, 0.1) is 13.8 Å². The Morgan fingerprint density at radius 2 is 1.74 bits per heavy atom. The smallest absolute Gasteiger partial charge is 0.191 e. The van der Waals surface area contributed by atoms with Crippen LogP contribution < -0.4 is 20.1 Å². The molecule has 0 bridgehead atoms. The van der Waals surface area contributed by atoms with Gasteiger partial charge in [-0.25, -0.2) is 0 Å². The lowest BCUT2D eigenvalue weighted by Crippen LogP contribution is -2.38. The molecule has 0 atom stereocenters. The Balaban J connectivity index is 0.00000480. The van der Waals surface area contributed by atoms with Gasteiger partial charge in [0.15, 0.2) is 17.5 Å². The summed E-state index contributed by atoms with van der Waals surface area (Å²) in [5.41, 5.74) is 4.78. The van der Waals surface area contributed by atoms with Gasteiger partial charge in [-0.1, -0.05) is 6.07 Å². The highest BCUT2D eigenvalue weighted by Gasteiger charge is 2.09. The number of halogens is 1. The maximum absolute atomic E-state index is 5.72. The maximum atomic E-state index is 5.72. The van der Waals surface area contributed by atoms with Crippen molar-refractivity contribution in [2.75, 3.05) is 32.8 Å². The van der Waals surface area contributed by atoms with Gasteiger partial charge in [-0.15, -0.1) is 24.0 Å². The van der Waals surface area contributed by atoms with Crippen LogP contribution in [0.1, 0.15) is 43.3 Å². The van der Waals surface area contributed by atoms with Gasteiger partial charge in [0.2, 0.25) is 0 Å². The van der Waals surface area contributed by atoms with E-state index in [1.54, 1.807) is 0 Å². The van der Waals surface area contributed by atoms with Gasteiger partial charge in [0, 0.05) is 32.4 Å². The molecule has 1 aromatic carbocycles. The molecule has 0 saturated carbocycles. The topological polar surface area (TPSA) is 72.7 Å². The normalized spacial score (nSPS) is 11.1. The molecule has 0 radical (unpaired) electrons. The summed E-state index contributed by atoms with van der Waals surface area (Å²) in [6.07, 6.45) is 1.76. The molecule has 0 aliphatic carbocycles. The van der Waals surface area contributed by atoms with E-state index in [2.05, 4.69) is 48.6 Å². The fraction of sp³-hybridized carbons (Fsp3) is 0.565. The van der Waals surface area contributed by atoms with Crippen LogP contribution in [0.4, 0.5) is 0 Å². The lowest BCUT2D eigenvalue weighted by atomic mass is 10.1. The van der Waals surface area contributed by atoms with Crippen molar-refractivity contribution in [2.24, 2.45) is 12.0 Å². The second-order valence-electron chi connectivity index (χ2n) is 7.11. The molecule has 2 N–H and O–H groups in total. The Morgan fingerprint density at radius 3 is 2.35 bits per heavy atom. The summed E-state index contributed by atoms with van der Waals surface area (Å²) in [5, 5.41) is 11.2. The summed E-state index contributed by atoms with van der Waals surface area (Å²) in [7, 11) is 1.98. The van der Waals surface area contributed by atoms with Crippen LogP contribution in [0.3, 0.4) is 0 Å². The average Bonchev–Trinajstić information content (AvgIpc) is 2.96. The van der Waals surface area contributed by atoms with Crippen molar-refractivity contribution in [3.8, 4) is 11.5 Å². The number of aromatic nitrogens is 2. The van der Waals surface area contributed by atoms with Gasteiger partial charge in [-0.05, 0) is 70.7 Å².